The van der Waals surface area contributed by atoms with Gasteiger partial charge in [0, 0.05) is 18.8 Å². The molecule has 1 heterocycles. The van der Waals surface area contributed by atoms with Gasteiger partial charge in [-0.05, 0) is 56.7 Å². The Bertz CT molecular complexity index is 387. The molecular formula is C16H26N2. The first-order chi connectivity index (χ1) is 8.70. The number of benzene rings is 1. The molecule has 1 aromatic rings. The van der Waals surface area contributed by atoms with E-state index in [0.29, 0.717) is 0 Å². The zero-order valence-corrected chi connectivity index (χ0v) is 11.8. The maximum absolute atomic E-state index is 5.59. The smallest absolute Gasteiger partial charge is 0.0399 e. The van der Waals surface area contributed by atoms with E-state index >= 15 is 0 Å². The van der Waals surface area contributed by atoms with Crippen LogP contribution in [0.4, 0.5) is 5.69 Å². The van der Waals surface area contributed by atoms with E-state index < -0.39 is 0 Å². The first kappa shape index (κ1) is 13.4. The molecular weight excluding hydrogens is 220 g/mol. The second kappa shape index (κ2) is 6.24. The summed E-state index contributed by atoms with van der Waals surface area (Å²) in [5.41, 5.74) is 9.97. The number of nitrogens with two attached hydrogens (primary N) is 1. The minimum atomic E-state index is 0.737. The summed E-state index contributed by atoms with van der Waals surface area (Å²) in [6.07, 6.45) is 4.93. The third kappa shape index (κ3) is 3.26. The number of nitrogens with zero attached hydrogens (tertiary/aromatic N) is 1. The molecule has 2 N–H and O–H groups in total. The molecule has 0 amide bonds. The Labute approximate surface area is 111 Å². The summed E-state index contributed by atoms with van der Waals surface area (Å²) < 4.78 is 0. The van der Waals surface area contributed by atoms with E-state index in [0.717, 1.165) is 18.9 Å². The Balaban J connectivity index is 2.03. The summed E-state index contributed by atoms with van der Waals surface area (Å²) in [6.45, 7) is 7.74. The topological polar surface area (TPSA) is 29.3 Å². The lowest BCUT2D eigenvalue weighted by atomic mass is 9.97. The molecule has 1 unspecified atom stereocenters. The van der Waals surface area contributed by atoms with Crippen molar-refractivity contribution in [3.8, 4) is 0 Å². The van der Waals surface area contributed by atoms with Crippen LogP contribution in [-0.2, 0) is 6.42 Å². The minimum Gasteiger partial charge on any atom is -0.371 e. The first-order valence-electron chi connectivity index (χ1n) is 7.25. The van der Waals surface area contributed by atoms with Gasteiger partial charge in [-0.1, -0.05) is 24.6 Å². The third-order valence-corrected chi connectivity index (χ3v) is 3.88. The van der Waals surface area contributed by atoms with E-state index in [2.05, 4.69) is 36.9 Å². The lowest BCUT2D eigenvalue weighted by Crippen LogP contribution is -2.33. The van der Waals surface area contributed by atoms with E-state index in [1.165, 1.54) is 49.2 Å². The van der Waals surface area contributed by atoms with Crippen molar-refractivity contribution < 1.29 is 0 Å². The number of aryl methyl sites for hydroxylation is 2. The van der Waals surface area contributed by atoms with Crippen LogP contribution in [0.25, 0.3) is 0 Å². The summed E-state index contributed by atoms with van der Waals surface area (Å²) in [4.78, 5) is 2.57. The largest absolute Gasteiger partial charge is 0.371 e. The predicted octanol–water partition coefficient (Wildman–Crippen LogP) is 3.12. The number of hydrogen-bond donors (Lipinski definition) is 1. The van der Waals surface area contributed by atoms with Crippen LogP contribution in [0.3, 0.4) is 0 Å². The Morgan fingerprint density at radius 1 is 1.39 bits per heavy atom. The molecule has 0 aromatic heterocycles. The number of anilines is 1. The number of hydrogen-bond acceptors (Lipinski definition) is 2. The van der Waals surface area contributed by atoms with Crippen LogP contribution in [0.1, 0.15) is 37.3 Å². The molecule has 1 aliphatic heterocycles. The second-order valence-electron chi connectivity index (χ2n) is 5.72. The van der Waals surface area contributed by atoms with Crippen molar-refractivity contribution in [2.75, 3.05) is 24.5 Å². The lowest BCUT2D eigenvalue weighted by molar-refractivity contribution is 0.495. The normalized spacial score (nSPS) is 16.5. The fourth-order valence-electron chi connectivity index (χ4n) is 2.93. The molecule has 0 bridgehead atoms. The molecule has 0 aliphatic carbocycles. The van der Waals surface area contributed by atoms with Gasteiger partial charge in [-0.3, -0.25) is 0 Å². The Kier molecular flexibility index (Phi) is 4.65. The van der Waals surface area contributed by atoms with Crippen molar-refractivity contribution >= 4 is 5.69 Å². The van der Waals surface area contributed by atoms with Crippen molar-refractivity contribution in [3.63, 3.8) is 0 Å². The molecule has 2 nitrogen and oxygen atoms in total. The number of fused-ring (bicyclic) bond motifs is 1. The monoisotopic (exact) mass is 246 g/mol. The Morgan fingerprint density at radius 2 is 2.22 bits per heavy atom. The van der Waals surface area contributed by atoms with Crippen molar-refractivity contribution in [1.29, 1.82) is 0 Å². The molecule has 2 rings (SSSR count). The van der Waals surface area contributed by atoms with Gasteiger partial charge in [0.1, 0.15) is 0 Å². The fraction of sp³-hybridized carbons (Fsp3) is 0.625. The summed E-state index contributed by atoms with van der Waals surface area (Å²) in [5, 5.41) is 0. The van der Waals surface area contributed by atoms with Gasteiger partial charge in [0.25, 0.3) is 0 Å². The average molecular weight is 246 g/mol. The van der Waals surface area contributed by atoms with Crippen LogP contribution >= 0.6 is 0 Å². The van der Waals surface area contributed by atoms with E-state index in [1.807, 2.05) is 0 Å². The molecule has 18 heavy (non-hydrogen) atoms. The van der Waals surface area contributed by atoms with Crippen LogP contribution in [0, 0.1) is 12.8 Å². The second-order valence-corrected chi connectivity index (χ2v) is 5.72. The standard InChI is InChI=1S/C16H26N2/c1-13-7-8-16-15(11-13)6-4-10-18(16)12-14(2)5-3-9-17/h7-8,11,14H,3-6,9-10,12,17H2,1-2H3. The molecule has 0 saturated heterocycles. The van der Waals surface area contributed by atoms with E-state index in [9.17, 15) is 0 Å². The van der Waals surface area contributed by atoms with Crippen molar-refractivity contribution in [2.24, 2.45) is 11.7 Å². The molecule has 1 aliphatic rings. The Morgan fingerprint density at radius 3 is 3.00 bits per heavy atom. The molecule has 2 heteroatoms. The quantitative estimate of drug-likeness (QED) is 0.865. The molecule has 0 radical (unpaired) electrons. The highest BCUT2D eigenvalue weighted by Gasteiger charge is 2.18. The highest BCUT2D eigenvalue weighted by atomic mass is 15.1. The first-order valence-corrected chi connectivity index (χ1v) is 7.25. The van der Waals surface area contributed by atoms with Crippen LogP contribution in [-0.4, -0.2) is 19.6 Å². The zero-order chi connectivity index (χ0) is 13.0. The van der Waals surface area contributed by atoms with Gasteiger partial charge in [-0.15, -0.1) is 0 Å². The van der Waals surface area contributed by atoms with Crippen LogP contribution in [0.5, 0.6) is 0 Å². The van der Waals surface area contributed by atoms with Crippen molar-refractivity contribution in [3.05, 3.63) is 29.3 Å². The van der Waals surface area contributed by atoms with Gasteiger partial charge in [-0.25, -0.2) is 0 Å². The maximum Gasteiger partial charge on any atom is 0.0399 e. The molecule has 0 saturated carbocycles. The van der Waals surface area contributed by atoms with Crippen LogP contribution < -0.4 is 10.6 Å². The van der Waals surface area contributed by atoms with Crippen LogP contribution in [0.2, 0.25) is 0 Å². The summed E-state index contributed by atoms with van der Waals surface area (Å²) >= 11 is 0. The van der Waals surface area contributed by atoms with Gasteiger partial charge in [0.05, 0.1) is 0 Å². The van der Waals surface area contributed by atoms with E-state index in [-0.39, 0.29) is 0 Å². The fourth-order valence-corrected chi connectivity index (χ4v) is 2.93. The van der Waals surface area contributed by atoms with Crippen molar-refractivity contribution in [1.82, 2.24) is 0 Å². The van der Waals surface area contributed by atoms with Gasteiger partial charge < -0.3 is 10.6 Å². The lowest BCUT2D eigenvalue weighted by Gasteiger charge is -2.33. The Hall–Kier alpha value is -1.02. The van der Waals surface area contributed by atoms with Crippen LogP contribution in [0.15, 0.2) is 18.2 Å². The highest BCUT2D eigenvalue weighted by molar-refractivity contribution is 5.56. The molecule has 1 atom stereocenters. The average Bonchev–Trinajstić information content (AvgIpc) is 2.36. The number of rotatable bonds is 5. The van der Waals surface area contributed by atoms with Gasteiger partial charge in [0.15, 0.2) is 0 Å². The predicted molar refractivity (Wildman–Crippen MR) is 79.2 cm³/mol. The molecule has 1 aromatic carbocycles. The van der Waals surface area contributed by atoms with Gasteiger partial charge in [0.2, 0.25) is 0 Å². The summed E-state index contributed by atoms with van der Waals surface area (Å²) in [6, 6.07) is 6.90. The minimum absolute atomic E-state index is 0.737. The SMILES string of the molecule is Cc1ccc2c(c1)CCCN2CC(C)CCCN. The third-order valence-electron chi connectivity index (χ3n) is 3.88. The maximum atomic E-state index is 5.59. The van der Waals surface area contributed by atoms with E-state index in [1.54, 1.807) is 0 Å². The molecule has 0 fully saturated rings. The van der Waals surface area contributed by atoms with Crippen molar-refractivity contribution in [2.45, 2.75) is 39.5 Å². The molecule has 100 valence electrons. The van der Waals surface area contributed by atoms with Gasteiger partial charge >= 0.3 is 0 Å². The molecule has 0 spiro atoms. The summed E-state index contributed by atoms with van der Waals surface area (Å²) in [5.74, 6) is 0.737. The summed E-state index contributed by atoms with van der Waals surface area (Å²) in [7, 11) is 0. The van der Waals surface area contributed by atoms with Gasteiger partial charge in [-0.2, -0.15) is 0 Å². The van der Waals surface area contributed by atoms with E-state index in [4.69, 9.17) is 5.73 Å². The zero-order valence-electron chi connectivity index (χ0n) is 11.8. The highest BCUT2D eigenvalue weighted by Crippen LogP contribution is 2.28.